The van der Waals surface area contributed by atoms with Crippen molar-refractivity contribution in [3.63, 3.8) is 0 Å². The monoisotopic (exact) mass is 481 g/mol. The third kappa shape index (κ3) is 4.30. The molecule has 0 fully saturated rings. The summed E-state index contributed by atoms with van der Waals surface area (Å²) in [6.07, 6.45) is 1.57. The Morgan fingerprint density at radius 3 is 2.03 bits per heavy atom. The number of hydrogen-bond acceptors (Lipinski definition) is 7. The van der Waals surface area contributed by atoms with Gasteiger partial charge in [-0.05, 0) is 36.4 Å². The Morgan fingerprint density at radius 1 is 0.939 bits per heavy atom. The quantitative estimate of drug-likeness (QED) is 0.193. The lowest BCUT2D eigenvalue weighted by Gasteiger charge is -2.09. The predicted octanol–water partition coefficient (Wildman–Crippen LogP) is 7.00. The van der Waals surface area contributed by atoms with Crippen molar-refractivity contribution in [1.82, 2.24) is 9.97 Å². The fourth-order valence-corrected chi connectivity index (χ4v) is 5.34. The molecule has 5 aromatic rings. The van der Waals surface area contributed by atoms with E-state index in [4.69, 9.17) is 9.97 Å². The summed E-state index contributed by atoms with van der Waals surface area (Å²) in [5.41, 5.74) is 2.03. The van der Waals surface area contributed by atoms with E-state index in [-0.39, 0.29) is 17.0 Å². The molecule has 0 spiro atoms. The molecular weight excluding hydrogens is 468 g/mol. The number of nitro benzene ring substituents is 1. The van der Waals surface area contributed by atoms with Gasteiger partial charge in [0, 0.05) is 23.3 Å². The molecule has 3 aromatic carbocycles. The minimum atomic E-state index is -3.08. The Balaban J connectivity index is 1.75. The summed E-state index contributed by atoms with van der Waals surface area (Å²) >= 11 is 2.85. The summed E-state index contributed by atoms with van der Waals surface area (Å²) in [6.45, 7) is -3.08. The number of non-ortho nitro benzene ring substituents is 1. The second-order valence-electron chi connectivity index (χ2n) is 6.89. The second-order valence-corrected chi connectivity index (χ2v) is 8.95. The smallest absolute Gasteiger partial charge is 0.387 e. The molecule has 0 atom stereocenters. The predicted molar refractivity (Wildman–Crippen MR) is 126 cm³/mol. The highest BCUT2D eigenvalue weighted by molar-refractivity contribution is 7.22. The highest BCUT2D eigenvalue weighted by Gasteiger charge is 2.19. The van der Waals surface area contributed by atoms with E-state index < -0.39 is 11.5 Å². The number of aromatic nitrogens is 2. The molecule has 5 rings (SSSR count). The van der Waals surface area contributed by atoms with Crippen LogP contribution in [0.3, 0.4) is 0 Å². The van der Waals surface area contributed by atoms with Crippen LogP contribution in [0.5, 0.6) is 5.75 Å². The Hall–Kier alpha value is -3.76. The summed E-state index contributed by atoms with van der Waals surface area (Å²) in [5, 5.41) is 12.6. The molecular formula is C23H13F2N3O3S2. The first-order valence-electron chi connectivity index (χ1n) is 9.65. The van der Waals surface area contributed by atoms with Crippen LogP contribution >= 0.6 is 22.7 Å². The molecule has 10 heteroatoms. The molecule has 0 N–H and O–H groups in total. The Labute approximate surface area is 193 Å². The summed E-state index contributed by atoms with van der Waals surface area (Å²) in [6, 6.07) is 18.7. The minimum absolute atomic E-state index is 0.137. The second kappa shape index (κ2) is 8.64. The fourth-order valence-electron chi connectivity index (χ4n) is 3.31. The van der Waals surface area contributed by atoms with Crippen LogP contribution in [-0.4, -0.2) is 21.5 Å². The van der Waals surface area contributed by atoms with Gasteiger partial charge in [-0.3, -0.25) is 10.1 Å². The van der Waals surface area contributed by atoms with Crippen molar-refractivity contribution in [2.75, 3.05) is 0 Å². The van der Waals surface area contributed by atoms with E-state index in [2.05, 4.69) is 4.74 Å². The molecule has 6 nitrogen and oxygen atoms in total. The molecule has 0 aliphatic heterocycles. The van der Waals surface area contributed by atoms with Gasteiger partial charge in [-0.2, -0.15) is 8.78 Å². The maximum Gasteiger partial charge on any atom is 0.387 e. The van der Waals surface area contributed by atoms with Gasteiger partial charge in [-0.25, -0.2) is 9.97 Å². The van der Waals surface area contributed by atoms with Crippen molar-refractivity contribution in [1.29, 1.82) is 0 Å². The first kappa shape index (κ1) is 21.1. The Kier molecular flexibility index (Phi) is 5.53. The van der Waals surface area contributed by atoms with Gasteiger partial charge in [0.05, 0.1) is 25.4 Å². The molecule has 0 saturated carbocycles. The molecule has 0 saturated heterocycles. The molecule has 164 valence electrons. The lowest BCUT2D eigenvalue weighted by Crippen LogP contribution is -2.04. The zero-order valence-corrected chi connectivity index (χ0v) is 18.3. The Morgan fingerprint density at radius 2 is 1.52 bits per heavy atom. The maximum absolute atomic E-state index is 13.0. The number of benzene rings is 3. The van der Waals surface area contributed by atoms with E-state index in [0.717, 1.165) is 26.5 Å². The molecule has 0 amide bonds. The number of para-hydroxylation sites is 2. The summed E-state index contributed by atoms with van der Waals surface area (Å²) in [5.74, 6) is -0.171. The Bertz CT molecular complexity index is 1390. The van der Waals surface area contributed by atoms with Gasteiger partial charge < -0.3 is 4.74 Å². The fraction of sp³-hybridized carbons (Fsp3) is 0.0435. The number of thiazole rings is 2. The third-order valence-electron chi connectivity index (χ3n) is 4.77. The van der Waals surface area contributed by atoms with Gasteiger partial charge in [0.25, 0.3) is 5.69 Å². The van der Waals surface area contributed by atoms with Crippen molar-refractivity contribution in [3.05, 3.63) is 92.4 Å². The third-order valence-corrected chi connectivity index (χ3v) is 6.91. The largest absolute Gasteiger partial charge is 0.434 e. The first-order valence-corrected chi connectivity index (χ1v) is 11.3. The van der Waals surface area contributed by atoms with Crippen molar-refractivity contribution < 1.29 is 18.4 Å². The highest BCUT2D eigenvalue weighted by Crippen LogP contribution is 2.38. The van der Waals surface area contributed by atoms with Crippen molar-refractivity contribution in [2.45, 2.75) is 6.61 Å². The number of ether oxygens (including phenoxy) is 1. The summed E-state index contributed by atoms with van der Waals surface area (Å²) < 4.78 is 32.6. The van der Waals surface area contributed by atoms with Crippen LogP contribution in [-0.2, 0) is 0 Å². The standard InChI is InChI=1S/C23H13F2N3O3S2/c24-23(25)31-18-10-9-14(28(29)30)11-13(18)12-15(21-26-16-5-1-3-7-19(16)32-21)22-27-17-6-2-4-8-20(17)33-22/h1-12,23H. The van der Waals surface area contributed by atoms with Crippen molar-refractivity contribution in [2.24, 2.45) is 0 Å². The van der Waals surface area contributed by atoms with Crippen LogP contribution in [0.15, 0.2) is 66.7 Å². The van der Waals surface area contributed by atoms with Gasteiger partial charge in [0.15, 0.2) is 0 Å². The van der Waals surface area contributed by atoms with E-state index >= 15 is 0 Å². The normalized spacial score (nSPS) is 11.2. The average Bonchev–Trinajstić information content (AvgIpc) is 3.41. The highest BCUT2D eigenvalue weighted by atomic mass is 32.1. The molecule has 0 bridgehead atoms. The van der Waals surface area contributed by atoms with E-state index in [0.29, 0.717) is 15.6 Å². The summed E-state index contributed by atoms with van der Waals surface area (Å²) in [4.78, 5) is 20.1. The van der Waals surface area contributed by atoms with Crippen LogP contribution < -0.4 is 4.74 Å². The molecule has 2 aromatic heterocycles. The zero-order valence-electron chi connectivity index (χ0n) is 16.6. The zero-order chi connectivity index (χ0) is 22.9. The van der Waals surface area contributed by atoms with Gasteiger partial charge in [-0.1, -0.05) is 24.3 Å². The van der Waals surface area contributed by atoms with E-state index in [1.807, 2.05) is 48.5 Å². The number of rotatable bonds is 6. The van der Waals surface area contributed by atoms with Crippen LogP contribution in [0.1, 0.15) is 15.6 Å². The van der Waals surface area contributed by atoms with E-state index in [9.17, 15) is 18.9 Å². The van der Waals surface area contributed by atoms with Crippen molar-refractivity contribution >= 4 is 60.4 Å². The minimum Gasteiger partial charge on any atom is -0.434 e. The van der Waals surface area contributed by atoms with Crippen molar-refractivity contribution in [3.8, 4) is 5.75 Å². The molecule has 0 aliphatic rings. The van der Waals surface area contributed by atoms with E-state index in [1.165, 1.54) is 34.8 Å². The SMILES string of the molecule is O=[N+]([O-])c1ccc(OC(F)F)c(C=C(c2nc3ccccc3s2)c2nc3ccccc3s2)c1. The number of nitrogens with zero attached hydrogens (tertiary/aromatic N) is 3. The summed E-state index contributed by atoms with van der Waals surface area (Å²) in [7, 11) is 0. The van der Waals surface area contributed by atoms with Crippen LogP contribution in [0.4, 0.5) is 14.5 Å². The van der Waals surface area contributed by atoms with Crippen LogP contribution in [0.2, 0.25) is 0 Å². The maximum atomic E-state index is 13.0. The first-order chi connectivity index (χ1) is 16.0. The number of hydrogen-bond donors (Lipinski definition) is 0. The van der Waals surface area contributed by atoms with Gasteiger partial charge in [0.1, 0.15) is 15.8 Å². The van der Waals surface area contributed by atoms with Crippen LogP contribution in [0, 0.1) is 10.1 Å². The number of fused-ring (bicyclic) bond motifs is 2. The molecule has 2 heterocycles. The average molecular weight is 482 g/mol. The van der Waals surface area contributed by atoms with Crippen LogP contribution in [0.25, 0.3) is 32.1 Å². The van der Waals surface area contributed by atoms with Gasteiger partial charge >= 0.3 is 6.61 Å². The number of nitro groups is 1. The number of halogens is 2. The number of alkyl halides is 2. The molecule has 0 aliphatic carbocycles. The molecule has 0 unspecified atom stereocenters. The lowest BCUT2D eigenvalue weighted by molar-refractivity contribution is -0.384. The molecule has 33 heavy (non-hydrogen) atoms. The van der Waals surface area contributed by atoms with Gasteiger partial charge in [-0.15, -0.1) is 22.7 Å². The topological polar surface area (TPSA) is 78.2 Å². The van der Waals surface area contributed by atoms with E-state index in [1.54, 1.807) is 6.08 Å². The van der Waals surface area contributed by atoms with Gasteiger partial charge in [0.2, 0.25) is 0 Å². The lowest BCUT2D eigenvalue weighted by atomic mass is 10.1. The molecule has 0 radical (unpaired) electrons.